The van der Waals surface area contributed by atoms with Gasteiger partial charge in [0.05, 0.1) is 0 Å². The van der Waals surface area contributed by atoms with E-state index in [9.17, 15) is 0 Å². The smallest absolute Gasteiger partial charge is 0.0323 e. The quantitative estimate of drug-likeness (QED) is 0.521. The molecular weight excluding hydrogens is 120 g/mol. The topological polar surface area (TPSA) is 0 Å². The molecule has 10 heavy (non-hydrogen) atoms. The summed E-state index contributed by atoms with van der Waals surface area (Å²) in [4.78, 5) is 0. The summed E-state index contributed by atoms with van der Waals surface area (Å²) < 4.78 is 0. The molecule has 0 spiro atoms. The molecule has 0 aromatic carbocycles. The first kappa shape index (κ1) is 7.84. The Kier molecular flexibility index (Phi) is 2.98. The van der Waals surface area contributed by atoms with E-state index >= 15 is 0 Å². The van der Waals surface area contributed by atoms with Crippen LogP contribution >= 0.6 is 0 Å². The van der Waals surface area contributed by atoms with Crippen molar-refractivity contribution in [2.45, 2.75) is 46.0 Å². The van der Waals surface area contributed by atoms with Crippen molar-refractivity contribution in [2.75, 3.05) is 0 Å². The molecule has 0 amide bonds. The maximum atomic E-state index is 2.23. The van der Waals surface area contributed by atoms with E-state index in [1.807, 2.05) is 0 Å². The Hall–Kier alpha value is -0.260. The van der Waals surface area contributed by atoms with Crippen LogP contribution in [0.15, 0.2) is 11.6 Å². The van der Waals surface area contributed by atoms with E-state index < -0.39 is 0 Å². The summed E-state index contributed by atoms with van der Waals surface area (Å²) in [5.74, 6) is 1.12. The van der Waals surface area contributed by atoms with Gasteiger partial charge < -0.3 is 0 Å². The third-order valence-electron chi connectivity index (χ3n) is 2.37. The van der Waals surface area contributed by atoms with Gasteiger partial charge in [-0.3, -0.25) is 0 Å². The van der Waals surface area contributed by atoms with Crippen LogP contribution in [0.4, 0.5) is 0 Å². The highest BCUT2D eigenvalue weighted by molar-refractivity contribution is 4.95. The molecule has 1 saturated carbocycles. The Morgan fingerprint density at radius 1 is 1.50 bits per heavy atom. The Labute approximate surface area is 64.3 Å². The highest BCUT2D eigenvalue weighted by Gasteiger charge is 2.19. The standard InChI is InChI=1S/C10H18/c1-3-9(2)5-4-6-10-7-8-10/h3,10H,4-8H2,1-2H3. The molecule has 0 aromatic rings. The van der Waals surface area contributed by atoms with Gasteiger partial charge in [0.1, 0.15) is 0 Å². The first-order chi connectivity index (χ1) is 4.83. The first-order valence-electron chi connectivity index (χ1n) is 4.44. The van der Waals surface area contributed by atoms with Crippen molar-refractivity contribution < 1.29 is 0 Å². The summed E-state index contributed by atoms with van der Waals surface area (Å²) >= 11 is 0. The van der Waals surface area contributed by atoms with Gasteiger partial charge in [-0.05, 0) is 32.6 Å². The summed E-state index contributed by atoms with van der Waals surface area (Å²) in [6, 6.07) is 0. The van der Waals surface area contributed by atoms with E-state index in [4.69, 9.17) is 0 Å². The lowest BCUT2D eigenvalue weighted by molar-refractivity contribution is 0.663. The third-order valence-corrected chi connectivity index (χ3v) is 2.37. The second-order valence-corrected chi connectivity index (χ2v) is 3.47. The first-order valence-corrected chi connectivity index (χ1v) is 4.44. The molecule has 0 N–H and O–H groups in total. The molecule has 0 atom stereocenters. The molecule has 58 valence electrons. The van der Waals surface area contributed by atoms with Crippen LogP contribution in [-0.4, -0.2) is 0 Å². The van der Waals surface area contributed by atoms with Gasteiger partial charge in [-0.2, -0.15) is 0 Å². The molecule has 0 saturated heterocycles. The zero-order valence-corrected chi connectivity index (χ0v) is 7.19. The van der Waals surface area contributed by atoms with Crippen molar-refractivity contribution >= 4 is 0 Å². The van der Waals surface area contributed by atoms with Crippen LogP contribution < -0.4 is 0 Å². The van der Waals surface area contributed by atoms with Crippen molar-refractivity contribution in [1.82, 2.24) is 0 Å². The van der Waals surface area contributed by atoms with Crippen LogP contribution in [0.1, 0.15) is 46.0 Å². The lowest BCUT2D eigenvalue weighted by atomic mass is 10.1. The maximum Gasteiger partial charge on any atom is -0.0323 e. The molecule has 0 unspecified atom stereocenters. The maximum absolute atomic E-state index is 2.23. The molecule has 0 aromatic heterocycles. The fraction of sp³-hybridized carbons (Fsp3) is 0.800. The molecule has 0 bridgehead atoms. The minimum absolute atomic E-state index is 1.12. The van der Waals surface area contributed by atoms with Gasteiger partial charge in [0, 0.05) is 0 Å². The van der Waals surface area contributed by atoms with E-state index in [-0.39, 0.29) is 0 Å². The average molecular weight is 138 g/mol. The van der Waals surface area contributed by atoms with Gasteiger partial charge in [0.15, 0.2) is 0 Å². The molecule has 1 rings (SSSR count). The largest absolute Gasteiger partial charge is 0.0887 e. The fourth-order valence-electron chi connectivity index (χ4n) is 1.22. The second kappa shape index (κ2) is 3.80. The highest BCUT2D eigenvalue weighted by atomic mass is 14.3. The Balaban J connectivity index is 1.93. The van der Waals surface area contributed by atoms with Crippen molar-refractivity contribution in [2.24, 2.45) is 5.92 Å². The minimum Gasteiger partial charge on any atom is -0.0887 e. The molecule has 0 radical (unpaired) electrons. The summed E-state index contributed by atoms with van der Waals surface area (Å²) in [6.45, 7) is 4.36. The molecule has 0 heteroatoms. The second-order valence-electron chi connectivity index (χ2n) is 3.47. The highest BCUT2D eigenvalue weighted by Crippen LogP contribution is 2.34. The minimum atomic E-state index is 1.12. The monoisotopic (exact) mass is 138 g/mol. The van der Waals surface area contributed by atoms with Gasteiger partial charge in [-0.15, -0.1) is 0 Å². The molecule has 1 aliphatic carbocycles. The van der Waals surface area contributed by atoms with Gasteiger partial charge in [-0.1, -0.05) is 30.9 Å². The van der Waals surface area contributed by atoms with Gasteiger partial charge in [-0.25, -0.2) is 0 Å². The summed E-state index contributed by atoms with van der Waals surface area (Å²) in [5, 5.41) is 0. The fourth-order valence-corrected chi connectivity index (χ4v) is 1.22. The van der Waals surface area contributed by atoms with Crippen LogP contribution in [0.25, 0.3) is 0 Å². The lowest BCUT2D eigenvalue weighted by Crippen LogP contribution is -1.79. The van der Waals surface area contributed by atoms with Crippen LogP contribution in [0.5, 0.6) is 0 Å². The van der Waals surface area contributed by atoms with Crippen LogP contribution in [0, 0.1) is 5.92 Å². The van der Waals surface area contributed by atoms with Crippen molar-refractivity contribution in [3.05, 3.63) is 11.6 Å². The van der Waals surface area contributed by atoms with Gasteiger partial charge >= 0.3 is 0 Å². The Bertz CT molecular complexity index is 118. The Morgan fingerprint density at radius 3 is 2.70 bits per heavy atom. The molecule has 0 heterocycles. The predicted molar refractivity (Wildman–Crippen MR) is 46.0 cm³/mol. The normalized spacial score (nSPS) is 19.6. The molecule has 0 aliphatic heterocycles. The summed E-state index contributed by atoms with van der Waals surface area (Å²) in [7, 11) is 0. The zero-order valence-electron chi connectivity index (χ0n) is 7.19. The number of rotatable bonds is 4. The van der Waals surface area contributed by atoms with Gasteiger partial charge in [0.25, 0.3) is 0 Å². The van der Waals surface area contributed by atoms with E-state index in [2.05, 4.69) is 19.9 Å². The van der Waals surface area contributed by atoms with Gasteiger partial charge in [0.2, 0.25) is 0 Å². The zero-order chi connectivity index (χ0) is 7.40. The Morgan fingerprint density at radius 2 is 2.20 bits per heavy atom. The van der Waals surface area contributed by atoms with Crippen molar-refractivity contribution in [1.29, 1.82) is 0 Å². The van der Waals surface area contributed by atoms with Crippen LogP contribution in [0.2, 0.25) is 0 Å². The number of allylic oxidation sites excluding steroid dienone is 2. The van der Waals surface area contributed by atoms with Crippen molar-refractivity contribution in [3.8, 4) is 0 Å². The average Bonchev–Trinajstić information content (AvgIpc) is 2.71. The summed E-state index contributed by atoms with van der Waals surface area (Å²) in [5.41, 5.74) is 1.56. The van der Waals surface area contributed by atoms with E-state index in [1.54, 1.807) is 5.57 Å². The molecule has 1 fully saturated rings. The van der Waals surface area contributed by atoms with Crippen LogP contribution in [-0.2, 0) is 0 Å². The predicted octanol–water partition coefficient (Wildman–Crippen LogP) is 3.53. The number of hydrogen-bond donors (Lipinski definition) is 0. The third kappa shape index (κ3) is 3.05. The molecular formula is C10H18. The number of hydrogen-bond acceptors (Lipinski definition) is 0. The summed E-state index contributed by atoms with van der Waals surface area (Å²) in [6.07, 6.45) is 9.47. The van der Waals surface area contributed by atoms with E-state index in [0.717, 1.165) is 5.92 Å². The van der Waals surface area contributed by atoms with E-state index in [0.29, 0.717) is 0 Å². The molecule has 1 aliphatic rings. The van der Waals surface area contributed by atoms with E-state index in [1.165, 1.54) is 32.1 Å². The SMILES string of the molecule is CC=C(C)CCCC1CC1. The molecule has 0 nitrogen and oxygen atoms in total. The lowest BCUT2D eigenvalue weighted by Gasteiger charge is -1.98. The van der Waals surface area contributed by atoms with Crippen molar-refractivity contribution in [3.63, 3.8) is 0 Å². The van der Waals surface area contributed by atoms with Crippen LogP contribution in [0.3, 0.4) is 0 Å².